The monoisotopic (exact) mass is 385 g/mol. The van der Waals surface area contributed by atoms with Crippen molar-refractivity contribution in [2.45, 2.75) is 19.5 Å². The van der Waals surface area contributed by atoms with E-state index in [1.807, 2.05) is 28.8 Å². The fraction of sp³-hybridized carbons (Fsp3) is 0.278. The fourth-order valence-corrected chi connectivity index (χ4v) is 3.93. The summed E-state index contributed by atoms with van der Waals surface area (Å²) in [5.74, 6) is 0.812. The molecular weight excluding hydrogens is 366 g/mol. The molecule has 1 aromatic carbocycles. The molecule has 0 radical (unpaired) electrons. The topological polar surface area (TPSA) is 103 Å². The second-order valence-corrected chi connectivity index (χ2v) is 8.82. The Kier molecular flexibility index (Phi) is 4.31. The number of hydrogen-bond acceptors (Lipinski definition) is 5. The molecule has 140 valence electrons. The molecule has 0 spiro atoms. The van der Waals surface area contributed by atoms with Crippen LogP contribution in [0.15, 0.2) is 47.5 Å². The van der Waals surface area contributed by atoms with Crippen LogP contribution in [0.3, 0.4) is 0 Å². The van der Waals surface area contributed by atoms with Crippen molar-refractivity contribution < 1.29 is 8.42 Å². The summed E-state index contributed by atoms with van der Waals surface area (Å²) in [7, 11) is -3.03. The molecule has 9 heteroatoms. The van der Waals surface area contributed by atoms with Crippen molar-refractivity contribution in [1.29, 1.82) is 0 Å². The predicted molar refractivity (Wildman–Crippen MR) is 104 cm³/mol. The smallest absolute Gasteiger partial charge is 0.326 e. The Bertz CT molecular complexity index is 1280. The number of para-hydroxylation sites is 2. The van der Waals surface area contributed by atoms with Gasteiger partial charge in [-0.1, -0.05) is 12.1 Å². The Morgan fingerprint density at radius 3 is 2.74 bits per heavy atom. The number of nitrogens with zero attached hydrogens (tertiary/aromatic N) is 4. The van der Waals surface area contributed by atoms with Crippen LogP contribution in [0.5, 0.6) is 0 Å². The van der Waals surface area contributed by atoms with Crippen LogP contribution in [0.25, 0.3) is 22.1 Å². The van der Waals surface area contributed by atoms with Gasteiger partial charge in [-0.2, -0.15) is 0 Å². The molecule has 0 fully saturated rings. The molecule has 0 aliphatic rings. The Hall–Kier alpha value is -2.94. The van der Waals surface area contributed by atoms with Crippen molar-refractivity contribution in [3.8, 4) is 0 Å². The second-order valence-electron chi connectivity index (χ2n) is 6.56. The van der Waals surface area contributed by atoms with Gasteiger partial charge in [-0.25, -0.2) is 18.2 Å². The first-order valence-corrected chi connectivity index (χ1v) is 10.6. The van der Waals surface area contributed by atoms with E-state index in [-0.39, 0.29) is 18.0 Å². The summed E-state index contributed by atoms with van der Waals surface area (Å²) in [6.07, 6.45) is 4.99. The highest BCUT2D eigenvalue weighted by molar-refractivity contribution is 7.90. The molecule has 4 rings (SSSR count). The van der Waals surface area contributed by atoms with Gasteiger partial charge in [0.25, 0.3) is 0 Å². The highest BCUT2D eigenvalue weighted by atomic mass is 32.2. The summed E-state index contributed by atoms with van der Waals surface area (Å²) < 4.78 is 26.5. The van der Waals surface area contributed by atoms with E-state index in [1.165, 1.54) is 6.26 Å². The van der Waals surface area contributed by atoms with E-state index in [9.17, 15) is 13.2 Å². The van der Waals surface area contributed by atoms with Crippen molar-refractivity contribution in [2.24, 2.45) is 0 Å². The molecule has 0 unspecified atom stereocenters. The quantitative estimate of drug-likeness (QED) is 0.543. The molecule has 0 saturated carbocycles. The fourth-order valence-electron chi connectivity index (χ4n) is 3.28. The number of rotatable bonds is 6. The van der Waals surface area contributed by atoms with E-state index in [1.54, 1.807) is 23.0 Å². The van der Waals surface area contributed by atoms with Crippen molar-refractivity contribution in [3.05, 3.63) is 59.0 Å². The molecule has 4 aromatic rings. The van der Waals surface area contributed by atoms with Gasteiger partial charge < -0.3 is 9.55 Å². The average molecular weight is 385 g/mol. The van der Waals surface area contributed by atoms with Gasteiger partial charge in [0.1, 0.15) is 15.7 Å². The van der Waals surface area contributed by atoms with Crippen molar-refractivity contribution >= 4 is 31.9 Å². The van der Waals surface area contributed by atoms with Gasteiger partial charge in [0.15, 0.2) is 0 Å². The van der Waals surface area contributed by atoms with Crippen LogP contribution in [0.4, 0.5) is 0 Å². The van der Waals surface area contributed by atoms with Crippen molar-refractivity contribution in [1.82, 2.24) is 24.1 Å². The highest BCUT2D eigenvalue weighted by Crippen LogP contribution is 2.18. The van der Waals surface area contributed by atoms with Crippen molar-refractivity contribution in [2.75, 3.05) is 12.0 Å². The van der Waals surface area contributed by atoms with Gasteiger partial charge in [-0.15, -0.1) is 0 Å². The molecule has 3 heterocycles. The lowest BCUT2D eigenvalue weighted by Gasteiger charge is -2.09. The summed E-state index contributed by atoms with van der Waals surface area (Å²) in [6.45, 7) is 0.788. The summed E-state index contributed by atoms with van der Waals surface area (Å²) in [6, 6.07) is 9.43. The van der Waals surface area contributed by atoms with E-state index in [0.717, 1.165) is 16.6 Å². The predicted octanol–water partition coefficient (Wildman–Crippen LogP) is 1.56. The molecule has 8 nitrogen and oxygen atoms in total. The zero-order chi connectivity index (χ0) is 19.0. The third-order valence-electron chi connectivity index (χ3n) is 4.51. The van der Waals surface area contributed by atoms with Crippen LogP contribution >= 0.6 is 0 Å². The van der Waals surface area contributed by atoms with Crippen molar-refractivity contribution in [3.63, 3.8) is 0 Å². The maximum Gasteiger partial charge on any atom is 0.326 e. The second kappa shape index (κ2) is 6.66. The number of fused-ring (bicyclic) bond motifs is 2. The van der Waals surface area contributed by atoms with Gasteiger partial charge in [-0.05, 0) is 24.6 Å². The molecule has 0 bridgehead atoms. The van der Waals surface area contributed by atoms with Gasteiger partial charge in [0.05, 0.1) is 40.6 Å². The minimum absolute atomic E-state index is 0.107. The van der Waals surface area contributed by atoms with Gasteiger partial charge in [0, 0.05) is 19.0 Å². The summed E-state index contributed by atoms with van der Waals surface area (Å²) in [5, 5.41) is 0. The number of aryl methyl sites for hydroxylation is 1. The normalized spacial score (nSPS) is 12.2. The Morgan fingerprint density at radius 2 is 1.93 bits per heavy atom. The molecular formula is C18H19N5O3S. The Balaban J connectivity index is 1.75. The number of pyridine rings is 1. The third-order valence-corrected chi connectivity index (χ3v) is 5.54. The minimum Gasteiger partial charge on any atom is -0.326 e. The van der Waals surface area contributed by atoms with Crippen LogP contribution in [0, 0.1) is 0 Å². The number of benzene rings is 1. The lowest BCUT2D eigenvalue weighted by Crippen LogP contribution is -2.20. The third kappa shape index (κ3) is 3.50. The molecule has 0 aliphatic heterocycles. The molecule has 1 N–H and O–H groups in total. The van der Waals surface area contributed by atoms with Gasteiger partial charge in [-0.3, -0.25) is 9.55 Å². The first-order valence-electron chi connectivity index (χ1n) is 8.57. The summed E-state index contributed by atoms with van der Waals surface area (Å²) >= 11 is 0. The van der Waals surface area contributed by atoms with E-state index >= 15 is 0 Å². The molecule has 27 heavy (non-hydrogen) atoms. The Labute approximate surface area is 155 Å². The number of aromatic nitrogens is 5. The zero-order valence-corrected chi connectivity index (χ0v) is 15.6. The van der Waals surface area contributed by atoms with E-state index < -0.39 is 9.84 Å². The van der Waals surface area contributed by atoms with Gasteiger partial charge in [0.2, 0.25) is 0 Å². The average Bonchev–Trinajstić information content (AvgIpc) is 3.12. The first-order chi connectivity index (χ1) is 12.9. The number of aromatic amines is 1. The van der Waals surface area contributed by atoms with Crippen LogP contribution in [-0.2, 0) is 22.9 Å². The maximum atomic E-state index is 12.4. The van der Waals surface area contributed by atoms with E-state index in [0.29, 0.717) is 24.3 Å². The number of imidazole rings is 2. The maximum absolute atomic E-state index is 12.4. The van der Waals surface area contributed by atoms with Crippen LogP contribution < -0.4 is 5.69 Å². The summed E-state index contributed by atoms with van der Waals surface area (Å²) in [4.78, 5) is 24.0. The van der Waals surface area contributed by atoms with E-state index in [4.69, 9.17) is 0 Å². The SMILES string of the molecule is CS(=O)(=O)CCCn1c(Cn2c(=O)[nH]c3ccncc32)nc2ccccc21. The molecule has 3 aromatic heterocycles. The number of H-pyrrole nitrogens is 1. The zero-order valence-electron chi connectivity index (χ0n) is 14.8. The Morgan fingerprint density at radius 1 is 1.11 bits per heavy atom. The molecule has 0 amide bonds. The first kappa shape index (κ1) is 17.5. The minimum atomic E-state index is -3.03. The highest BCUT2D eigenvalue weighted by Gasteiger charge is 2.15. The molecule has 0 aliphatic carbocycles. The van der Waals surface area contributed by atoms with Crippen LogP contribution in [0.2, 0.25) is 0 Å². The van der Waals surface area contributed by atoms with E-state index in [2.05, 4.69) is 15.0 Å². The van der Waals surface area contributed by atoms with Crippen LogP contribution in [0.1, 0.15) is 12.2 Å². The number of hydrogen-bond donors (Lipinski definition) is 1. The number of nitrogens with one attached hydrogen (secondary N) is 1. The lowest BCUT2D eigenvalue weighted by atomic mass is 10.3. The largest absolute Gasteiger partial charge is 0.326 e. The summed E-state index contributed by atoms with van der Waals surface area (Å²) in [5.41, 5.74) is 2.93. The lowest BCUT2D eigenvalue weighted by molar-refractivity contribution is 0.586. The van der Waals surface area contributed by atoms with Gasteiger partial charge >= 0.3 is 5.69 Å². The van der Waals surface area contributed by atoms with Crippen LogP contribution in [-0.4, -0.2) is 44.5 Å². The molecule has 0 atom stereocenters. The number of sulfone groups is 1. The molecule has 0 saturated heterocycles. The standard InChI is InChI=1S/C18H19N5O3S/c1-27(25,26)10-4-9-22-15-6-3-2-5-13(15)20-17(22)12-23-16-11-19-8-7-14(16)21-18(23)24/h2-3,5-8,11H,4,9-10,12H2,1H3,(H,21,24).